The number of benzene rings is 2. The Labute approximate surface area is 176 Å². The number of urea groups is 1. The Bertz CT molecular complexity index is 930. The van der Waals surface area contributed by atoms with Gasteiger partial charge in [0, 0.05) is 25.3 Å². The second kappa shape index (κ2) is 8.87. The highest BCUT2D eigenvalue weighted by atomic mass is 16.6. The first-order chi connectivity index (χ1) is 14.3. The van der Waals surface area contributed by atoms with Crippen LogP contribution in [0, 0.1) is 11.3 Å². The molecule has 1 aliphatic heterocycles. The van der Waals surface area contributed by atoms with Crippen LogP contribution >= 0.6 is 0 Å². The summed E-state index contributed by atoms with van der Waals surface area (Å²) in [6.07, 6.45) is -0.379. The van der Waals surface area contributed by atoms with Crippen molar-refractivity contribution < 1.29 is 14.3 Å². The van der Waals surface area contributed by atoms with Crippen molar-refractivity contribution in [2.75, 3.05) is 25.0 Å². The van der Waals surface area contributed by atoms with Crippen LogP contribution in [0.2, 0.25) is 0 Å². The molecule has 2 aromatic carbocycles. The molecular formula is C23H26N4O3. The van der Waals surface area contributed by atoms with Gasteiger partial charge in [0.05, 0.1) is 17.7 Å². The molecule has 0 aromatic heterocycles. The van der Waals surface area contributed by atoms with E-state index in [9.17, 15) is 9.59 Å². The number of anilines is 1. The summed E-state index contributed by atoms with van der Waals surface area (Å²) in [4.78, 5) is 29.0. The highest BCUT2D eigenvalue weighted by Crippen LogP contribution is 2.27. The number of nitrogens with zero attached hydrogens (tertiary/aromatic N) is 3. The number of nitriles is 1. The highest BCUT2D eigenvalue weighted by molar-refractivity contribution is 5.90. The van der Waals surface area contributed by atoms with Crippen molar-refractivity contribution in [3.05, 3.63) is 65.7 Å². The molecule has 0 aliphatic carbocycles. The summed E-state index contributed by atoms with van der Waals surface area (Å²) < 4.78 is 5.52. The standard InChI is InChI=1S/C23H26N4O3/c1-23(2,3)30-22(29)26-13-14-27(20(16-26)18-7-5-4-6-8-18)21(28)25-19-11-9-17(15-24)10-12-19/h4-12,20H,13-14,16H2,1-3H3,(H,25,28). The van der Waals surface area contributed by atoms with Crippen LogP contribution in [0.4, 0.5) is 15.3 Å². The Morgan fingerprint density at radius 3 is 2.33 bits per heavy atom. The zero-order valence-corrected chi connectivity index (χ0v) is 17.5. The third kappa shape index (κ3) is 5.29. The van der Waals surface area contributed by atoms with E-state index in [4.69, 9.17) is 10.00 Å². The zero-order valence-electron chi connectivity index (χ0n) is 17.5. The van der Waals surface area contributed by atoms with Gasteiger partial charge < -0.3 is 19.9 Å². The van der Waals surface area contributed by atoms with Gasteiger partial charge in [-0.25, -0.2) is 9.59 Å². The lowest BCUT2D eigenvalue weighted by atomic mass is 10.0. The number of ether oxygens (including phenoxy) is 1. The zero-order chi connectivity index (χ0) is 21.7. The summed E-state index contributed by atoms with van der Waals surface area (Å²) in [5.74, 6) is 0. The van der Waals surface area contributed by atoms with Gasteiger partial charge in [0.1, 0.15) is 5.60 Å². The van der Waals surface area contributed by atoms with E-state index in [0.29, 0.717) is 30.9 Å². The molecule has 1 N–H and O–H groups in total. The quantitative estimate of drug-likeness (QED) is 0.802. The molecule has 156 valence electrons. The first-order valence-electron chi connectivity index (χ1n) is 9.87. The summed E-state index contributed by atoms with van der Waals surface area (Å²) in [6.45, 7) is 6.61. The Kier molecular flexibility index (Phi) is 6.26. The fourth-order valence-corrected chi connectivity index (χ4v) is 3.30. The molecule has 0 bridgehead atoms. The Morgan fingerprint density at radius 1 is 1.07 bits per heavy atom. The summed E-state index contributed by atoms with van der Waals surface area (Å²) in [6, 6.07) is 17.9. The van der Waals surface area contributed by atoms with E-state index < -0.39 is 5.60 Å². The SMILES string of the molecule is CC(C)(C)OC(=O)N1CCN(C(=O)Nc2ccc(C#N)cc2)C(c2ccccc2)C1. The van der Waals surface area contributed by atoms with Crippen molar-refractivity contribution in [1.29, 1.82) is 5.26 Å². The smallest absolute Gasteiger partial charge is 0.410 e. The molecule has 1 atom stereocenters. The minimum atomic E-state index is -0.580. The molecule has 1 aliphatic rings. The minimum Gasteiger partial charge on any atom is -0.444 e. The molecule has 30 heavy (non-hydrogen) atoms. The number of nitrogens with one attached hydrogen (secondary N) is 1. The first kappa shape index (κ1) is 21.2. The monoisotopic (exact) mass is 406 g/mol. The Morgan fingerprint density at radius 2 is 1.73 bits per heavy atom. The number of piperazine rings is 1. The molecule has 0 spiro atoms. The van der Waals surface area contributed by atoms with E-state index in [1.54, 1.807) is 34.1 Å². The lowest BCUT2D eigenvalue weighted by Gasteiger charge is -2.41. The Hall–Kier alpha value is -3.53. The molecule has 3 amide bonds. The maximum Gasteiger partial charge on any atom is 0.410 e. The van der Waals surface area contributed by atoms with E-state index in [2.05, 4.69) is 11.4 Å². The van der Waals surface area contributed by atoms with E-state index in [-0.39, 0.29) is 18.2 Å². The van der Waals surface area contributed by atoms with Crippen LogP contribution in [0.5, 0.6) is 0 Å². The second-order valence-electron chi connectivity index (χ2n) is 8.17. The van der Waals surface area contributed by atoms with Crippen LogP contribution < -0.4 is 5.32 Å². The fourth-order valence-electron chi connectivity index (χ4n) is 3.30. The number of amides is 3. The third-order valence-corrected chi connectivity index (χ3v) is 4.74. The van der Waals surface area contributed by atoms with Gasteiger partial charge >= 0.3 is 12.1 Å². The van der Waals surface area contributed by atoms with Gasteiger partial charge in [-0.3, -0.25) is 0 Å². The molecule has 1 saturated heterocycles. The minimum absolute atomic E-state index is 0.252. The van der Waals surface area contributed by atoms with Crippen molar-refractivity contribution in [2.24, 2.45) is 0 Å². The molecule has 1 unspecified atom stereocenters. The molecule has 7 heteroatoms. The first-order valence-corrected chi connectivity index (χ1v) is 9.87. The van der Waals surface area contributed by atoms with Gasteiger partial charge in [-0.2, -0.15) is 5.26 Å². The molecule has 1 heterocycles. The predicted octanol–water partition coefficient (Wildman–Crippen LogP) is 4.38. The van der Waals surface area contributed by atoms with Gasteiger partial charge in [0.15, 0.2) is 0 Å². The van der Waals surface area contributed by atoms with Crippen molar-refractivity contribution in [1.82, 2.24) is 9.80 Å². The fraction of sp³-hybridized carbons (Fsp3) is 0.348. The molecule has 0 saturated carbocycles. The van der Waals surface area contributed by atoms with Crippen LogP contribution in [0.15, 0.2) is 54.6 Å². The van der Waals surface area contributed by atoms with Gasteiger partial charge in [0.25, 0.3) is 0 Å². The molecule has 1 fully saturated rings. The number of carbonyl (C=O) groups excluding carboxylic acids is 2. The van der Waals surface area contributed by atoms with Gasteiger partial charge in [-0.15, -0.1) is 0 Å². The van der Waals surface area contributed by atoms with Crippen LogP contribution in [-0.4, -0.2) is 47.2 Å². The van der Waals surface area contributed by atoms with E-state index in [1.165, 1.54) is 0 Å². The number of hydrogen-bond donors (Lipinski definition) is 1. The molecule has 2 aromatic rings. The molecule has 0 radical (unpaired) electrons. The second-order valence-corrected chi connectivity index (χ2v) is 8.17. The number of hydrogen-bond acceptors (Lipinski definition) is 4. The maximum atomic E-state index is 13.0. The van der Waals surface area contributed by atoms with Gasteiger partial charge in [-0.1, -0.05) is 30.3 Å². The third-order valence-electron chi connectivity index (χ3n) is 4.74. The van der Waals surface area contributed by atoms with Crippen molar-refractivity contribution in [2.45, 2.75) is 32.4 Å². The topological polar surface area (TPSA) is 85.7 Å². The normalized spacial score (nSPS) is 16.5. The van der Waals surface area contributed by atoms with Crippen molar-refractivity contribution in [3.63, 3.8) is 0 Å². The van der Waals surface area contributed by atoms with E-state index >= 15 is 0 Å². The molecule has 7 nitrogen and oxygen atoms in total. The highest BCUT2D eigenvalue weighted by Gasteiger charge is 2.35. The Balaban J connectivity index is 1.78. The maximum absolute atomic E-state index is 13.0. The lowest BCUT2D eigenvalue weighted by molar-refractivity contribution is 0.00956. The van der Waals surface area contributed by atoms with Crippen LogP contribution in [0.1, 0.15) is 37.9 Å². The lowest BCUT2D eigenvalue weighted by Crippen LogP contribution is -2.54. The van der Waals surface area contributed by atoms with E-state index in [0.717, 1.165) is 5.56 Å². The van der Waals surface area contributed by atoms with Gasteiger partial charge in [-0.05, 0) is 50.6 Å². The van der Waals surface area contributed by atoms with Crippen LogP contribution in [0.3, 0.4) is 0 Å². The van der Waals surface area contributed by atoms with E-state index in [1.807, 2.05) is 51.1 Å². The molecule has 3 rings (SSSR count). The number of carbonyl (C=O) groups is 2. The van der Waals surface area contributed by atoms with Crippen LogP contribution in [-0.2, 0) is 4.74 Å². The summed E-state index contributed by atoms with van der Waals surface area (Å²) in [7, 11) is 0. The molecular weight excluding hydrogens is 380 g/mol. The summed E-state index contributed by atoms with van der Waals surface area (Å²) in [5.41, 5.74) is 1.51. The average molecular weight is 406 g/mol. The summed E-state index contributed by atoms with van der Waals surface area (Å²) >= 11 is 0. The van der Waals surface area contributed by atoms with Crippen LogP contribution in [0.25, 0.3) is 0 Å². The average Bonchev–Trinajstić information content (AvgIpc) is 2.73. The van der Waals surface area contributed by atoms with Crippen molar-refractivity contribution >= 4 is 17.8 Å². The van der Waals surface area contributed by atoms with Gasteiger partial charge in [0.2, 0.25) is 0 Å². The largest absolute Gasteiger partial charge is 0.444 e. The predicted molar refractivity (Wildman–Crippen MR) is 114 cm³/mol. The summed E-state index contributed by atoms with van der Waals surface area (Å²) in [5, 5.41) is 11.8. The van der Waals surface area contributed by atoms with Crippen molar-refractivity contribution in [3.8, 4) is 6.07 Å². The number of rotatable bonds is 2.